The Morgan fingerprint density at radius 3 is 2.45 bits per heavy atom. The summed E-state index contributed by atoms with van der Waals surface area (Å²) in [5.74, 6) is -0.224. The van der Waals surface area contributed by atoms with Crippen molar-refractivity contribution in [3.63, 3.8) is 0 Å². The molecule has 0 spiro atoms. The third-order valence-corrected chi connectivity index (χ3v) is 4.07. The summed E-state index contributed by atoms with van der Waals surface area (Å²) in [6.45, 7) is 7.67. The molecule has 1 aliphatic carbocycles. The van der Waals surface area contributed by atoms with Gasteiger partial charge in [-0.05, 0) is 31.2 Å². The lowest BCUT2D eigenvalue weighted by molar-refractivity contribution is -0.141. The van der Waals surface area contributed by atoms with Crippen molar-refractivity contribution in [3.8, 4) is 0 Å². The van der Waals surface area contributed by atoms with Crippen molar-refractivity contribution in [1.82, 2.24) is 15.1 Å². The number of aromatic nitrogens is 2. The van der Waals surface area contributed by atoms with Crippen LogP contribution in [-0.4, -0.2) is 21.7 Å². The molecule has 2 rings (SSSR count). The monoisotopic (exact) mass is 317 g/mol. The number of nitrogens with zero attached hydrogens (tertiary/aromatic N) is 2. The van der Waals surface area contributed by atoms with Gasteiger partial charge in [0.15, 0.2) is 5.69 Å². The van der Waals surface area contributed by atoms with Crippen molar-refractivity contribution in [1.29, 1.82) is 0 Å². The van der Waals surface area contributed by atoms with Crippen molar-refractivity contribution in [2.75, 3.05) is 0 Å². The zero-order valence-electron chi connectivity index (χ0n) is 13.3. The van der Waals surface area contributed by atoms with Gasteiger partial charge in [-0.25, -0.2) is 0 Å². The molecule has 0 radical (unpaired) electrons. The molecule has 4 nitrogen and oxygen atoms in total. The Labute approximate surface area is 128 Å². The van der Waals surface area contributed by atoms with Gasteiger partial charge in [-0.1, -0.05) is 20.8 Å². The quantitative estimate of drug-likeness (QED) is 0.926. The number of amides is 1. The topological polar surface area (TPSA) is 46.9 Å². The molecule has 7 heteroatoms. The molecular formula is C15H22F3N3O. The van der Waals surface area contributed by atoms with Crippen LogP contribution in [0.2, 0.25) is 0 Å². The molecule has 1 N–H and O–H groups in total. The fraction of sp³-hybridized carbons (Fsp3) is 0.733. The summed E-state index contributed by atoms with van der Waals surface area (Å²) in [6, 6.07) is 0.986. The second-order valence-corrected chi connectivity index (χ2v) is 7.04. The Bertz CT molecular complexity index is 553. The molecule has 124 valence electrons. The van der Waals surface area contributed by atoms with Crippen molar-refractivity contribution in [3.05, 3.63) is 17.5 Å². The largest absolute Gasteiger partial charge is 0.435 e. The second-order valence-electron chi connectivity index (χ2n) is 7.04. The van der Waals surface area contributed by atoms with Crippen LogP contribution in [0.3, 0.4) is 0 Å². The Kier molecular flexibility index (Phi) is 4.28. The van der Waals surface area contributed by atoms with Crippen LogP contribution < -0.4 is 5.32 Å². The van der Waals surface area contributed by atoms with E-state index in [4.69, 9.17) is 0 Å². The molecule has 22 heavy (non-hydrogen) atoms. The van der Waals surface area contributed by atoms with Gasteiger partial charge in [0, 0.05) is 17.7 Å². The number of hydrogen-bond donors (Lipinski definition) is 1. The van der Waals surface area contributed by atoms with Crippen molar-refractivity contribution in [2.24, 2.45) is 5.41 Å². The number of hydrogen-bond acceptors (Lipinski definition) is 2. The highest BCUT2D eigenvalue weighted by molar-refractivity contribution is 5.76. The van der Waals surface area contributed by atoms with Crippen LogP contribution in [0, 0.1) is 5.41 Å². The zero-order valence-corrected chi connectivity index (χ0v) is 13.3. The summed E-state index contributed by atoms with van der Waals surface area (Å²) in [7, 11) is 0. The first-order valence-electron chi connectivity index (χ1n) is 7.43. The van der Waals surface area contributed by atoms with E-state index in [1.165, 1.54) is 4.68 Å². The fourth-order valence-electron chi connectivity index (χ4n) is 2.04. The minimum atomic E-state index is -4.48. The highest BCUT2D eigenvalue weighted by Crippen LogP contribution is 2.42. The Balaban J connectivity index is 2.12. The molecule has 1 amide bonds. The lowest BCUT2D eigenvalue weighted by Crippen LogP contribution is -2.43. The molecular weight excluding hydrogens is 295 g/mol. The molecule has 0 unspecified atom stereocenters. The number of carbonyl (C=O) groups excluding carboxylic acids is 1. The molecule has 0 saturated heterocycles. The van der Waals surface area contributed by atoms with E-state index in [9.17, 15) is 18.0 Å². The van der Waals surface area contributed by atoms with E-state index >= 15 is 0 Å². The first-order valence-corrected chi connectivity index (χ1v) is 7.43. The van der Waals surface area contributed by atoms with Gasteiger partial charge in [0.05, 0.1) is 0 Å². The van der Waals surface area contributed by atoms with Crippen LogP contribution in [-0.2, 0) is 17.5 Å². The van der Waals surface area contributed by atoms with Crippen LogP contribution in [0.5, 0.6) is 0 Å². The summed E-state index contributed by atoms with van der Waals surface area (Å²) >= 11 is 0. The summed E-state index contributed by atoms with van der Waals surface area (Å²) in [6.07, 6.45) is -2.78. The van der Waals surface area contributed by atoms with E-state index in [2.05, 4.69) is 10.4 Å². The summed E-state index contributed by atoms with van der Waals surface area (Å²) in [4.78, 5) is 12.1. The van der Waals surface area contributed by atoms with Gasteiger partial charge >= 0.3 is 6.18 Å². The van der Waals surface area contributed by atoms with Gasteiger partial charge in [-0.3, -0.25) is 9.48 Å². The van der Waals surface area contributed by atoms with Crippen molar-refractivity contribution < 1.29 is 18.0 Å². The molecule has 1 fully saturated rings. The molecule has 1 atom stereocenters. The van der Waals surface area contributed by atoms with Gasteiger partial charge in [0.1, 0.15) is 6.54 Å². The normalized spacial score (nSPS) is 17.4. The van der Waals surface area contributed by atoms with Gasteiger partial charge in [-0.2, -0.15) is 18.3 Å². The molecule has 1 heterocycles. The molecule has 1 aromatic rings. The number of rotatable bonds is 4. The van der Waals surface area contributed by atoms with E-state index in [1.807, 2.05) is 27.7 Å². The molecule has 1 aliphatic rings. The number of halogens is 3. The van der Waals surface area contributed by atoms with Crippen LogP contribution in [0.25, 0.3) is 0 Å². The van der Waals surface area contributed by atoms with Gasteiger partial charge in [-0.15, -0.1) is 0 Å². The lowest BCUT2D eigenvalue weighted by atomic mass is 9.88. The first-order chi connectivity index (χ1) is 9.98. The number of alkyl halides is 3. The highest BCUT2D eigenvalue weighted by atomic mass is 19.4. The van der Waals surface area contributed by atoms with E-state index in [0.717, 1.165) is 18.9 Å². The standard InChI is InChI=1S/C15H22F3N3O/c1-9(14(2,3)4)19-13(22)8-21-11(10-5-6-10)7-12(20-21)15(16,17)18/h7,9-10H,5-6,8H2,1-4H3,(H,19,22)/t9-/m0/s1. The van der Waals surface area contributed by atoms with E-state index in [1.54, 1.807) is 0 Å². The smallest absolute Gasteiger partial charge is 0.352 e. The Morgan fingerprint density at radius 1 is 1.41 bits per heavy atom. The number of nitrogens with one attached hydrogen (secondary N) is 1. The third-order valence-electron chi connectivity index (χ3n) is 4.07. The van der Waals surface area contributed by atoms with E-state index in [-0.39, 0.29) is 29.8 Å². The summed E-state index contributed by atoms with van der Waals surface area (Å²) in [5, 5.41) is 6.40. The van der Waals surface area contributed by atoms with Crippen molar-refractivity contribution in [2.45, 2.75) is 65.2 Å². The van der Waals surface area contributed by atoms with Crippen LogP contribution in [0.4, 0.5) is 13.2 Å². The Morgan fingerprint density at radius 2 is 2.00 bits per heavy atom. The van der Waals surface area contributed by atoms with E-state index in [0.29, 0.717) is 5.69 Å². The summed E-state index contributed by atoms with van der Waals surface area (Å²) < 4.78 is 39.6. The minimum Gasteiger partial charge on any atom is -0.352 e. The third kappa shape index (κ3) is 4.01. The van der Waals surface area contributed by atoms with Crippen molar-refractivity contribution >= 4 is 5.91 Å². The van der Waals surface area contributed by atoms with E-state index < -0.39 is 11.9 Å². The van der Waals surface area contributed by atoms with Crippen LogP contribution in [0.1, 0.15) is 57.8 Å². The second kappa shape index (κ2) is 5.59. The maximum absolute atomic E-state index is 12.8. The average Bonchev–Trinajstić information content (AvgIpc) is 3.08. The molecule has 0 bridgehead atoms. The van der Waals surface area contributed by atoms with Crippen LogP contribution >= 0.6 is 0 Å². The predicted octanol–water partition coefficient (Wildman–Crippen LogP) is 3.33. The fourth-order valence-corrected chi connectivity index (χ4v) is 2.04. The molecule has 0 aliphatic heterocycles. The minimum absolute atomic E-state index is 0.0815. The predicted molar refractivity (Wildman–Crippen MR) is 76.3 cm³/mol. The molecule has 0 aromatic carbocycles. The zero-order chi connectivity index (χ0) is 16.7. The van der Waals surface area contributed by atoms with Crippen LogP contribution in [0.15, 0.2) is 6.07 Å². The highest BCUT2D eigenvalue weighted by Gasteiger charge is 2.38. The van der Waals surface area contributed by atoms with Gasteiger partial charge < -0.3 is 5.32 Å². The number of carbonyl (C=O) groups is 1. The maximum atomic E-state index is 12.8. The Hall–Kier alpha value is -1.53. The average molecular weight is 317 g/mol. The van der Waals surface area contributed by atoms with Gasteiger partial charge in [0.2, 0.25) is 5.91 Å². The first kappa shape index (κ1) is 16.8. The SMILES string of the molecule is C[C@H](NC(=O)Cn1nc(C(F)(F)F)cc1C1CC1)C(C)(C)C. The van der Waals surface area contributed by atoms with Gasteiger partial charge in [0.25, 0.3) is 0 Å². The lowest BCUT2D eigenvalue weighted by Gasteiger charge is -2.28. The molecule has 1 saturated carbocycles. The molecule has 1 aromatic heterocycles. The maximum Gasteiger partial charge on any atom is 0.435 e. The summed E-state index contributed by atoms with van der Waals surface area (Å²) in [5.41, 5.74) is -0.534.